The molecule has 1 heterocycles. The molecule has 12 heavy (non-hydrogen) atoms. The van der Waals surface area contributed by atoms with Crippen molar-refractivity contribution in [3.05, 3.63) is 0 Å². The lowest BCUT2D eigenvalue weighted by Gasteiger charge is -2.13. The third kappa shape index (κ3) is 2.11. The van der Waals surface area contributed by atoms with Crippen molar-refractivity contribution in [1.29, 1.82) is 0 Å². The SMILES string of the molecule is O=C1CCCN1C(=O)NCCCl. The Morgan fingerprint density at radius 1 is 1.67 bits per heavy atom. The van der Waals surface area contributed by atoms with Gasteiger partial charge in [-0.05, 0) is 6.42 Å². The molecule has 1 rings (SSSR count). The number of hydrogen-bond acceptors (Lipinski definition) is 2. The van der Waals surface area contributed by atoms with Crippen LogP contribution >= 0.6 is 11.6 Å². The van der Waals surface area contributed by atoms with E-state index in [1.165, 1.54) is 4.90 Å². The molecule has 0 radical (unpaired) electrons. The van der Waals surface area contributed by atoms with Crippen LogP contribution in [0.5, 0.6) is 0 Å². The van der Waals surface area contributed by atoms with Crippen molar-refractivity contribution in [2.75, 3.05) is 19.0 Å². The molecule has 0 bridgehead atoms. The summed E-state index contributed by atoms with van der Waals surface area (Å²) in [5.41, 5.74) is 0. The summed E-state index contributed by atoms with van der Waals surface area (Å²) in [7, 11) is 0. The van der Waals surface area contributed by atoms with E-state index in [4.69, 9.17) is 11.6 Å². The van der Waals surface area contributed by atoms with Gasteiger partial charge in [-0.15, -0.1) is 11.6 Å². The fourth-order valence-electron chi connectivity index (χ4n) is 1.11. The second kappa shape index (κ2) is 4.30. The van der Waals surface area contributed by atoms with E-state index in [1.54, 1.807) is 0 Å². The number of rotatable bonds is 2. The lowest BCUT2D eigenvalue weighted by molar-refractivity contribution is -0.125. The number of alkyl halides is 1. The first kappa shape index (κ1) is 9.32. The van der Waals surface area contributed by atoms with Crippen LogP contribution in [0.25, 0.3) is 0 Å². The molecule has 1 aliphatic heterocycles. The Kier molecular flexibility index (Phi) is 3.34. The maximum Gasteiger partial charge on any atom is 0.324 e. The van der Waals surface area contributed by atoms with Crippen molar-refractivity contribution < 1.29 is 9.59 Å². The van der Waals surface area contributed by atoms with Crippen LogP contribution in [-0.4, -0.2) is 35.8 Å². The fourth-order valence-corrected chi connectivity index (χ4v) is 1.21. The second-order valence-corrected chi connectivity index (χ2v) is 2.95. The first-order valence-electron chi connectivity index (χ1n) is 3.90. The maximum absolute atomic E-state index is 11.1. The molecule has 0 aromatic rings. The average Bonchev–Trinajstić information content (AvgIpc) is 2.47. The highest BCUT2D eigenvalue weighted by molar-refractivity contribution is 6.18. The van der Waals surface area contributed by atoms with Crippen LogP contribution in [0.4, 0.5) is 4.79 Å². The van der Waals surface area contributed by atoms with E-state index in [-0.39, 0.29) is 11.9 Å². The number of halogens is 1. The number of carbonyl (C=O) groups excluding carboxylic acids is 2. The van der Waals surface area contributed by atoms with Gasteiger partial charge in [-0.2, -0.15) is 0 Å². The van der Waals surface area contributed by atoms with Crippen LogP contribution in [0.2, 0.25) is 0 Å². The van der Waals surface area contributed by atoms with Gasteiger partial charge >= 0.3 is 6.03 Å². The number of imide groups is 1. The van der Waals surface area contributed by atoms with Crippen molar-refractivity contribution in [3.63, 3.8) is 0 Å². The molecule has 0 saturated carbocycles. The average molecular weight is 191 g/mol. The Balaban J connectivity index is 2.36. The van der Waals surface area contributed by atoms with E-state index < -0.39 is 0 Å². The molecule has 1 fully saturated rings. The highest BCUT2D eigenvalue weighted by atomic mass is 35.5. The summed E-state index contributed by atoms with van der Waals surface area (Å²) in [5.74, 6) is 0.274. The van der Waals surface area contributed by atoms with Gasteiger partial charge in [-0.1, -0.05) is 0 Å². The molecule has 0 spiro atoms. The highest BCUT2D eigenvalue weighted by Crippen LogP contribution is 2.08. The summed E-state index contributed by atoms with van der Waals surface area (Å²) in [4.78, 5) is 23.4. The van der Waals surface area contributed by atoms with Crippen LogP contribution in [0.15, 0.2) is 0 Å². The minimum atomic E-state index is -0.321. The zero-order valence-electron chi connectivity index (χ0n) is 6.68. The van der Waals surface area contributed by atoms with Gasteiger partial charge in [0.25, 0.3) is 0 Å². The van der Waals surface area contributed by atoms with Crippen LogP contribution < -0.4 is 5.32 Å². The summed E-state index contributed by atoms with van der Waals surface area (Å²) in [6, 6.07) is -0.321. The van der Waals surface area contributed by atoms with E-state index in [2.05, 4.69) is 5.32 Å². The van der Waals surface area contributed by atoms with Crippen molar-refractivity contribution in [2.24, 2.45) is 0 Å². The number of hydrogen-bond donors (Lipinski definition) is 1. The van der Waals surface area contributed by atoms with E-state index in [0.29, 0.717) is 25.4 Å². The summed E-state index contributed by atoms with van der Waals surface area (Å²) >= 11 is 5.37. The monoisotopic (exact) mass is 190 g/mol. The van der Waals surface area contributed by atoms with Crippen molar-refractivity contribution >= 4 is 23.5 Å². The van der Waals surface area contributed by atoms with E-state index in [0.717, 1.165) is 6.42 Å². The lowest BCUT2D eigenvalue weighted by Crippen LogP contribution is -2.41. The lowest BCUT2D eigenvalue weighted by atomic mass is 10.4. The molecule has 3 amide bonds. The number of carbonyl (C=O) groups is 2. The van der Waals surface area contributed by atoms with Crippen molar-refractivity contribution in [1.82, 2.24) is 10.2 Å². The smallest absolute Gasteiger partial charge is 0.324 e. The molecule has 68 valence electrons. The van der Waals surface area contributed by atoms with E-state index in [9.17, 15) is 9.59 Å². The normalized spacial score (nSPS) is 16.8. The standard InChI is InChI=1S/C7H11ClN2O2/c8-3-4-9-7(12)10-5-1-2-6(10)11/h1-5H2,(H,9,12). The summed E-state index contributed by atoms with van der Waals surface area (Å²) in [6.45, 7) is 0.942. The number of amides is 3. The van der Waals surface area contributed by atoms with Gasteiger partial charge in [0.2, 0.25) is 5.91 Å². The molecule has 5 heteroatoms. The van der Waals surface area contributed by atoms with Gasteiger partial charge in [0, 0.05) is 25.4 Å². The molecule has 1 N–H and O–H groups in total. The van der Waals surface area contributed by atoms with Gasteiger partial charge in [-0.3, -0.25) is 9.69 Å². The highest BCUT2D eigenvalue weighted by Gasteiger charge is 2.25. The molecule has 1 aliphatic rings. The first-order chi connectivity index (χ1) is 5.75. The van der Waals surface area contributed by atoms with Gasteiger partial charge in [0.05, 0.1) is 0 Å². The third-order valence-corrected chi connectivity index (χ3v) is 1.88. The van der Waals surface area contributed by atoms with Crippen molar-refractivity contribution in [2.45, 2.75) is 12.8 Å². The third-order valence-electron chi connectivity index (χ3n) is 1.69. The Hall–Kier alpha value is -0.770. The van der Waals surface area contributed by atoms with Crippen molar-refractivity contribution in [3.8, 4) is 0 Å². The Bertz CT molecular complexity index is 196. The molecule has 0 unspecified atom stereocenters. The van der Waals surface area contributed by atoms with Gasteiger partial charge in [0.15, 0.2) is 0 Å². The Morgan fingerprint density at radius 2 is 2.42 bits per heavy atom. The molecule has 0 atom stereocenters. The second-order valence-electron chi connectivity index (χ2n) is 2.57. The molecule has 1 saturated heterocycles. The largest absolute Gasteiger partial charge is 0.336 e. The van der Waals surface area contributed by atoms with E-state index in [1.807, 2.05) is 0 Å². The van der Waals surface area contributed by atoms with Gasteiger partial charge in [-0.25, -0.2) is 4.79 Å². The number of nitrogens with zero attached hydrogens (tertiary/aromatic N) is 1. The van der Waals surface area contributed by atoms with Crippen LogP contribution in [0.3, 0.4) is 0 Å². The fraction of sp³-hybridized carbons (Fsp3) is 0.714. The zero-order chi connectivity index (χ0) is 8.97. The zero-order valence-corrected chi connectivity index (χ0v) is 7.43. The predicted octanol–water partition coefficient (Wildman–Crippen LogP) is 0.557. The number of likely N-dealkylation sites (tertiary alicyclic amines) is 1. The summed E-state index contributed by atoms with van der Waals surface area (Å²) < 4.78 is 0. The summed E-state index contributed by atoms with van der Waals surface area (Å²) in [5, 5.41) is 2.54. The topological polar surface area (TPSA) is 49.4 Å². The Morgan fingerprint density at radius 3 is 2.92 bits per heavy atom. The van der Waals surface area contributed by atoms with E-state index >= 15 is 0 Å². The molecular formula is C7H11ClN2O2. The minimum Gasteiger partial charge on any atom is -0.336 e. The van der Waals surface area contributed by atoms with Gasteiger partial charge in [0.1, 0.15) is 0 Å². The molecule has 0 aromatic carbocycles. The number of nitrogens with one attached hydrogen (secondary N) is 1. The maximum atomic E-state index is 11.1. The van der Waals surface area contributed by atoms with Crippen LogP contribution in [-0.2, 0) is 4.79 Å². The Labute approximate surface area is 75.9 Å². The molecule has 4 nitrogen and oxygen atoms in total. The number of urea groups is 1. The van der Waals surface area contributed by atoms with Crippen LogP contribution in [0.1, 0.15) is 12.8 Å². The summed E-state index contributed by atoms with van der Waals surface area (Å²) in [6.07, 6.45) is 1.25. The molecule has 0 aromatic heterocycles. The first-order valence-corrected chi connectivity index (χ1v) is 4.43. The van der Waals surface area contributed by atoms with Gasteiger partial charge < -0.3 is 5.32 Å². The quantitative estimate of drug-likeness (QED) is 0.647. The molecule has 0 aliphatic carbocycles. The van der Waals surface area contributed by atoms with Crippen LogP contribution in [0, 0.1) is 0 Å². The minimum absolute atomic E-state index is 0.0953. The predicted molar refractivity (Wildman–Crippen MR) is 45.1 cm³/mol. The molecular weight excluding hydrogens is 180 g/mol.